The molecule has 0 radical (unpaired) electrons. The zero-order chi connectivity index (χ0) is 22.6. The molecule has 3 heterocycles. The van der Waals surface area contributed by atoms with Gasteiger partial charge in [-0.15, -0.1) is 5.10 Å². The summed E-state index contributed by atoms with van der Waals surface area (Å²) >= 11 is 1.30. The van der Waals surface area contributed by atoms with Gasteiger partial charge in [-0.3, -0.25) is 14.7 Å². The van der Waals surface area contributed by atoms with E-state index in [9.17, 15) is 4.79 Å². The van der Waals surface area contributed by atoms with Crippen molar-refractivity contribution in [3.8, 4) is 0 Å². The molecule has 4 rings (SSSR count). The van der Waals surface area contributed by atoms with Gasteiger partial charge in [-0.1, -0.05) is 51.1 Å². The number of hydrogen-bond acceptors (Lipinski definition) is 6. The van der Waals surface area contributed by atoms with Gasteiger partial charge in [0.2, 0.25) is 0 Å². The van der Waals surface area contributed by atoms with E-state index in [1.807, 2.05) is 36.4 Å². The predicted molar refractivity (Wildman–Crippen MR) is 129 cm³/mol. The Morgan fingerprint density at radius 3 is 2.56 bits per heavy atom. The molecule has 1 aromatic carbocycles. The number of thioether (sulfide) groups is 1. The maximum absolute atomic E-state index is 13.2. The summed E-state index contributed by atoms with van der Waals surface area (Å²) in [6, 6.07) is 15.6. The highest BCUT2D eigenvalue weighted by atomic mass is 32.2. The summed E-state index contributed by atoms with van der Waals surface area (Å²) in [6.07, 6.45) is 8.49. The first-order valence-corrected chi connectivity index (χ1v) is 11.1. The van der Waals surface area contributed by atoms with Gasteiger partial charge in [-0.05, 0) is 52.6 Å². The second-order valence-electron chi connectivity index (χ2n) is 8.37. The fraction of sp³-hybridized carbons (Fsp3) is 0.200. The third-order valence-corrected chi connectivity index (χ3v) is 5.89. The smallest absolute Gasteiger partial charge is 0.267 e. The number of furan rings is 1. The fourth-order valence-electron chi connectivity index (χ4n) is 3.11. The molecule has 162 valence electrons. The van der Waals surface area contributed by atoms with Crippen molar-refractivity contribution in [2.75, 3.05) is 0 Å². The quantitative estimate of drug-likeness (QED) is 0.297. The fourth-order valence-corrected chi connectivity index (χ4v) is 4.04. The Kier molecular flexibility index (Phi) is 6.37. The largest absolute Gasteiger partial charge is 0.467 e. The van der Waals surface area contributed by atoms with E-state index in [1.165, 1.54) is 17.3 Å². The van der Waals surface area contributed by atoms with Crippen LogP contribution >= 0.6 is 11.8 Å². The summed E-state index contributed by atoms with van der Waals surface area (Å²) in [6.45, 7) is 6.83. The molecule has 7 heteroatoms. The molecule has 0 aliphatic carbocycles. The monoisotopic (exact) mass is 444 g/mol. The first-order valence-electron chi connectivity index (χ1n) is 10.3. The Bertz CT molecular complexity index is 1160. The molecule has 2 aromatic heterocycles. The van der Waals surface area contributed by atoms with Crippen LogP contribution in [0, 0.1) is 0 Å². The highest BCUT2D eigenvalue weighted by molar-refractivity contribution is 8.18. The number of carbonyl (C=O) groups excluding carboxylic acids is 1. The average Bonchev–Trinajstić information content (AvgIpc) is 3.39. The predicted octanol–water partition coefficient (Wildman–Crippen LogP) is 5.48. The minimum absolute atomic E-state index is 0.0789. The van der Waals surface area contributed by atoms with Crippen molar-refractivity contribution in [1.82, 2.24) is 9.88 Å². The Balaban J connectivity index is 1.60. The lowest BCUT2D eigenvalue weighted by Crippen LogP contribution is -2.28. The molecule has 6 nitrogen and oxygen atoms in total. The van der Waals surface area contributed by atoms with Gasteiger partial charge in [-0.25, -0.2) is 0 Å². The zero-order valence-corrected chi connectivity index (χ0v) is 19.0. The van der Waals surface area contributed by atoms with Crippen molar-refractivity contribution in [2.24, 2.45) is 10.2 Å². The number of rotatable bonds is 5. The summed E-state index contributed by atoms with van der Waals surface area (Å²) < 4.78 is 5.44. The van der Waals surface area contributed by atoms with Gasteiger partial charge < -0.3 is 4.42 Å². The van der Waals surface area contributed by atoms with Crippen molar-refractivity contribution in [3.63, 3.8) is 0 Å². The number of aromatic nitrogens is 1. The number of hydrogen-bond donors (Lipinski definition) is 0. The van der Waals surface area contributed by atoms with Crippen LogP contribution in [-0.2, 0) is 16.8 Å². The molecule has 0 bridgehead atoms. The van der Waals surface area contributed by atoms with E-state index in [0.717, 1.165) is 11.1 Å². The number of pyridine rings is 1. The molecule has 0 spiro atoms. The Hall–Kier alpha value is -3.45. The van der Waals surface area contributed by atoms with Crippen LogP contribution in [0.3, 0.4) is 0 Å². The first-order chi connectivity index (χ1) is 15.4. The van der Waals surface area contributed by atoms with E-state index in [-0.39, 0.29) is 11.3 Å². The summed E-state index contributed by atoms with van der Waals surface area (Å²) in [4.78, 5) is 19.4. The van der Waals surface area contributed by atoms with Gasteiger partial charge in [0.15, 0.2) is 5.17 Å². The molecule has 1 saturated heterocycles. The maximum Gasteiger partial charge on any atom is 0.267 e. The lowest BCUT2D eigenvalue weighted by atomic mass is 9.87. The van der Waals surface area contributed by atoms with E-state index >= 15 is 0 Å². The Morgan fingerprint density at radius 2 is 1.91 bits per heavy atom. The molecule has 1 aliphatic heterocycles. The zero-order valence-electron chi connectivity index (χ0n) is 18.2. The summed E-state index contributed by atoms with van der Waals surface area (Å²) in [7, 11) is 0. The number of amides is 1. The van der Waals surface area contributed by atoms with Crippen LogP contribution in [0.15, 0.2) is 86.7 Å². The van der Waals surface area contributed by atoms with Crippen LogP contribution in [0.2, 0.25) is 0 Å². The number of benzene rings is 1. The van der Waals surface area contributed by atoms with Crippen molar-refractivity contribution in [2.45, 2.75) is 32.7 Å². The molecule has 0 atom stereocenters. The van der Waals surface area contributed by atoms with Crippen molar-refractivity contribution >= 4 is 35.1 Å². The van der Waals surface area contributed by atoms with Crippen LogP contribution in [-0.4, -0.2) is 27.2 Å². The van der Waals surface area contributed by atoms with Gasteiger partial charge in [0.1, 0.15) is 5.76 Å². The minimum Gasteiger partial charge on any atom is -0.467 e. The van der Waals surface area contributed by atoms with E-state index < -0.39 is 0 Å². The van der Waals surface area contributed by atoms with Crippen molar-refractivity contribution in [3.05, 3.63) is 94.5 Å². The SMILES string of the molecule is CC(C)(C)c1ccc(/C=C2\S/C(=N\N=C\c3cccnc3)N(Cc3ccco3)C2=O)cc1. The van der Waals surface area contributed by atoms with Crippen LogP contribution in [0.25, 0.3) is 6.08 Å². The van der Waals surface area contributed by atoms with Crippen LogP contribution in [0.4, 0.5) is 0 Å². The number of nitrogens with zero attached hydrogens (tertiary/aromatic N) is 4. The summed E-state index contributed by atoms with van der Waals surface area (Å²) in [5.74, 6) is 0.556. The maximum atomic E-state index is 13.2. The summed E-state index contributed by atoms with van der Waals surface area (Å²) in [5, 5.41) is 8.98. The number of amidine groups is 1. The molecule has 0 saturated carbocycles. The average molecular weight is 445 g/mol. The van der Waals surface area contributed by atoms with Gasteiger partial charge in [-0.2, -0.15) is 5.10 Å². The van der Waals surface area contributed by atoms with Crippen molar-refractivity contribution < 1.29 is 9.21 Å². The van der Waals surface area contributed by atoms with Crippen LogP contribution in [0.1, 0.15) is 43.2 Å². The van der Waals surface area contributed by atoms with E-state index in [2.05, 4.69) is 48.1 Å². The first kappa shape index (κ1) is 21.8. The lowest BCUT2D eigenvalue weighted by molar-refractivity contribution is -0.122. The van der Waals surface area contributed by atoms with E-state index in [4.69, 9.17) is 4.42 Å². The van der Waals surface area contributed by atoms with E-state index in [1.54, 1.807) is 35.8 Å². The second-order valence-corrected chi connectivity index (χ2v) is 9.38. The highest BCUT2D eigenvalue weighted by Crippen LogP contribution is 2.34. The van der Waals surface area contributed by atoms with Gasteiger partial charge >= 0.3 is 0 Å². The Labute approximate surface area is 191 Å². The molecule has 0 N–H and O–H groups in total. The normalized spacial score (nSPS) is 17.2. The summed E-state index contributed by atoms with van der Waals surface area (Å²) in [5.41, 5.74) is 3.12. The van der Waals surface area contributed by atoms with Gasteiger partial charge in [0.05, 0.1) is 23.9 Å². The molecule has 0 unspecified atom stereocenters. The molecule has 1 fully saturated rings. The standard InChI is InChI=1S/C25H24N4O2S/c1-25(2,3)20-10-8-18(9-11-20)14-22-23(30)29(17-21-7-5-13-31-21)24(32-22)28-27-16-19-6-4-12-26-15-19/h4-16H,17H2,1-3H3/b22-14-,27-16+,28-24-. The Morgan fingerprint density at radius 1 is 1.09 bits per heavy atom. The molecule has 1 amide bonds. The second kappa shape index (κ2) is 9.36. The minimum atomic E-state index is -0.123. The van der Waals surface area contributed by atoms with E-state index in [0.29, 0.717) is 22.4 Å². The van der Waals surface area contributed by atoms with Crippen molar-refractivity contribution in [1.29, 1.82) is 0 Å². The molecular formula is C25H24N4O2S. The third kappa shape index (κ3) is 5.23. The van der Waals surface area contributed by atoms with Gasteiger partial charge in [0, 0.05) is 18.0 Å². The van der Waals surface area contributed by atoms with Crippen LogP contribution in [0.5, 0.6) is 0 Å². The topological polar surface area (TPSA) is 71.1 Å². The molecule has 3 aromatic rings. The van der Waals surface area contributed by atoms with Crippen LogP contribution < -0.4 is 0 Å². The number of carbonyl (C=O) groups is 1. The molecule has 32 heavy (non-hydrogen) atoms. The molecule has 1 aliphatic rings. The molecular weight excluding hydrogens is 420 g/mol. The third-order valence-electron chi connectivity index (χ3n) is 4.89. The lowest BCUT2D eigenvalue weighted by Gasteiger charge is -2.18. The van der Waals surface area contributed by atoms with Gasteiger partial charge in [0.25, 0.3) is 5.91 Å². The highest BCUT2D eigenvalue weighted by Gasteiger charge is 2.34.